The maximum absolute atomic E-state index is 6.52. The molecule has 0 saturated carbocycles. The second-order valence-corrected chi connectivity index (χ2v) is 16.7. The zero-order valence-corrected chi connectivity index (χ0v) is 17.5. The summed E-state index contributed by atoms with van der Waals surface area (Å²) in [6.07, 6.45) is 3.11. The third-order valence-corrected chi connectivity index (χ3v) is 5.12. The molecule has 0 fully saturated rings. The van der Waals surface area contributed by atoms with Crippen molar-refractivity contribution >= 4 is 16.6 Å². The van der Waals surface area contributed by atoms with E-state index in [-0.39, 0.29) is 12.2 Å². The van der Waals surface area contributed by atoms with Gasteiger partial charge in [-0.05, 0) is 63.5 Å². The molecule has 6 heteroatoms. The third-order valence-electron chi connectivity index (χ3n) is 3.19. The Balaban J connectivity index is 2.47. The Morgan fingerprint density at radius 2 is 1.04 bits per heavy atom. The first-order valence-electron chi connectivity index (χ1n) is 8.33. The van der Waals surface area contributed by atoms with E-state index < -0.39 is 16.6 Å². The van der Waals surface area contributed by atoms with E-state index >= 15 is 0 Å². The SMILES string of the molecule is C[Si](C)(C)OC(c1ccccn1)C(O[Si](C)(C)C)c1ccccn1. The van der Waals surface area contributed by atoms with Gasteiger partial charge in [-0.3, -0.25) is 9.97 Å². The number of pyridine rings is 2. The first-order chi connectivity index (χ1) is 11.2. The lowest BCUT2D eigenvalue weighted by atomic mass is 10.1. The van der Waals surface area contributed by atoms with E-state index in [1.807, 2.05) is 36.4 Å². The molecule has 2 heterocycles. The Bertz CT molecular complexity index is 567. The van der Waals surface area contributed by atoms with Gasteiger partial charge in [-0.15, -0.1) is 0 Å². The lowest BCUT2D eigenvalue weighted by Crippen LogP contribution is -2.36. The van der Waals surface area contributed by atoms with Gasteiger partial charge >= 0.3 is 0 Å². The van der Waals surface area contributed by atoms with E-state index in [0.29, 0.717) is 0 Å². The normalized spacial score (nSPS) is 15.1. The summed E-state index contributed by atoms with van der Waals surface area (Å²) in [4.78, 5) is 9.09. The van der Waals surface area contributed by atoms with Crippen LogP contribution in [0.25, 0.3) is 0 Å². The van der Waals surface area contributed by atoms with Gasteiger partial charge in [0.15, 0.2) is 16.6 Å². The minimum Gasteiger partial charge on any atom is -0.406 e. The molecule has 4 nitrogen and oxygen atoms in total. The maximum atomic E-state index is 6.52. The molecule has 0 spiro atoms. The second kappa shape index (κ2) is 7.69. The highest BCUT2D eigenvalue weighted by Crippen LogP contribution is 2.37. The second-order valence-electron chi connectivity index (χ2n) is 7.81. The Labute approximate surface area is 147 Å². The topological polar surface area (TPSA) is 44.2 Å². The van der Waals surface area contributed by atoms with Gasteiger partial charge in [0, 0.05) is 12.4 Å². The lowest BCUT2D eigenvalue weighted by Gasteiger charge is -2.35. The van der Waals surface area contributed by atoms with Gasteiger partial charge in [0.2, 0.25) is 0 Å². The van der Waals surface area contributed by atoms with Crippen LogP contribution in [0.3, 0.4) is 0 Å². The van der Waals surface area contributed by atoms with Crippen molar-refractivity contribution in [3.8, 4) is 0 Å². The van der Waals surface area contributed by atoms with Crippen LogP contribution < -0.4 is 0 Å². The lowest BCUT2D eigenvalue weighted by molar-refractivity contribution is 0.0367. The monoisotopic (exact) mass is 360 g/mol. The average molecular weight is 361 g/mol. The number of hydrogen-bond donors (Lipinski definition) is 0. The Hall–Kier alpha value is -1.35. The summed E-state index contributed by atoms with van der Waals surface area (Å²) >= 11 is 0. The molecule has 0 N–H and O–H groups in total. The van der Waals surface area contributed by atoms with E-state index in [4.69, 9.17) is 8.85 Å². The molecule has 24 heavy (non-hydrogen) atoms. The minimum absolute atomic E-state index is 0.250. The third kappa shape index (κ3) is 5.94. The molecule has 0 radical (unpaired) electrons. The number of rotatable bonds is 7. The minimum atomic E-state index is -1.81. The molecule has 2 atom stereocenters. The van der Waals surface area contributed by atoms with Crippen molar-refractivity contribution < 1.29 is 8.85 Å². The molecule has 2 rings (SSSR count). The van der Waals surface area contributed by atoms with Crippen molar-refractivity contribution in [3.05, 3.63) is 60.2 Å². The fourth-order valence-corrected chi connectivity index (χ4v) is 4.42. The standard InChI is InChI=1S/C18H28N2O2Si2/c1-23(2,3)21-17(15-11-7-9-13-19-15)18(22-24(4,5)6)16-12-8-10-14-20-16/h7-14,17-18H,1-6H3. The molecule has 0 aliphatic rings. The molecule has 0 aliphatic carbocycles. The van der Waals surface area contributed by atoms with Gasteiger partial charge in [-0.1, -0.05) is 12.1 Å². The van der Waals surface area contributed by atoms with E-state index in [2.05, 4.69) is 49.3 Å². The molecule has 2 aromatic heterocycles. The van der Waals surface area contributed by atoms with Crippen molar-refractivity contribution in [2.75, 3.05) is 0 Å². The largest absolute Gasteiger partial charge is 0.406 e. The molecular formula is C18H28N2O2Si2. The van der Waals surface area contributed by atoms with Crippen LogP contribution in [0.4, 0.5) is 0 Å². The number of nitrogens with zero attached hydrogens (tertiary/aromatic N) is 2. The van der Waals surface area contributed by atoms with E-state index in [1.54, 1.807) is 12.4 Å². The predicted molar refractivity (Wildman–Crippen MR) is 103 cm³/mol. The first kappa shape index (κ1) is 19.0. The van der Waals surface area contributed by atoms with Crippen LogP contribution in [-0.4, -0.2) is 26.6 Å². The molecule has 0 amide bonds. The van der Waals surface area contributed by atoms with Crippen LogP contribution in [0.1, 0.15) is 23.6 Å². The molecule has 0 bridgehead atoms. The molecule has 2 unspecified atom stereocenters. The van der Waals surface area contributed by atoms with Crippen LogP contribution in [0.2, 0.25) is 39.3 Å². The summed E-state index contributed by atoms with van der Waals surface area (Å²) in [5, 5.41) is 0. The fourth-order valence-electron chi connectivity index (χ4n) is 2.40. The van der Waals surface area contributed by atoms with Crippen LogP contribution in [0, 0.1) is 0 Å². The van der Waals surface area contributed by atoms with E-state index in [1.165, 1.54) is 0 Å². The van der Waals surface area contributed by atoms with Gasteiger partial charge in [-0.25, -0.2) is 0 Å². The molecule has 0 aliphatic heterocycles. The molecule has 0 saturated heterocycles. The summed E-state index contributed by atoms with van der Waals surface area (Å²) in [5.74, 6) is 0. The zero-order chi connectivity index (χ0) is 17.8. The summed E-state index contributed by atoms with van der Waals surface area (Å²) in [7, 11) is -3.61. The molecular weight excluding hydrogens is 332 g/mol. The maximum Gasteiger partial charge on any atom is 0.184 e. The zero-order valence-electron chi connectivity index (χ0n) is 15.5. The van der Waals surface area contributed by atoms with Crippen molar-refractivity contribution in [2.24, 2.45) is 0 Å². The van der Waals surface area contributed by atoms with Gasteiger partial charge in [0.1, 0.15) is 12.2 Å². The fraction of sp³-hybridized carbons (Fsp3) is 0.444. The molecule has 130 valence electrons. The highest BCUT2D eigenvalue weighted by atomic mass is 28.4. The van der Waals surface area contributed by atoms with E-state index in [9.17, 15) is 0 Å². The average Bonchev–Trinajstić information content (AvgIpc) is 2.50. The van der Waals surface area contributed by atoms with Crippen molar-refractivity contribution in [3.63, 3.8) is 0 Å². The molecule has 2 aromatic rings. The summed E-state index contributed by atoms with van der Waals surface area (Å²) < 4.78 is 13.0. The Morgan fingerprint density at radius 1 is 0.667 bits per heavy atom. The number of aromatic nitrogens is 2. The Morgan fingerprint density at radius 3 is 1.29 bits per heavy atom. The smallest absolute Gasteiger partial charge is 0.184 e. The summed E-state index contributed by atoms with van der Waals surface area (Å²) in [6.45, 7) is 13.1. The number of hydrogen-bond acceptors (Lipinski definition) is 4. The summed E-state index contributed by atoms with van der Waals surface area (Å²) in [5.41, 5.74) is 1.79. The predicted octanol–water partition coefficient (Wildman–Crippen LogP) is 4.96. The van der Waals surface area contributed by atoms with Crippen LogP contribution in [0.5, 0.6) is 0 Å². The summed E-state index contributed by atoms with van der Waals surface area (Å²) in [6, 6.07) is 11.8. The highest BCUT2D eigenvalue weighted by molar-refractivity contribution is 6.70. The molecule has 0 aromatic carbocycles. The van der Waals surface area contributed by atoms with E-state index in [0.717, 1.165) is 11.4 Å². The highest BCUT2D eigenvalue weighted by Gasteiger charge is 2.35. The van der Waals surface area contributed by atoms with Gasteiger partial charge in [0.25, 0.3) is 0 Å². The van der Waals surface area contributed by atoms with Crippen molar-refractivity contribution in [2.45, 2.75) is 51.5 Å². The van der Waals surface area contributed by atoms with Crippen molar-refractivity contribution in [1.82, 2.24) is 9.97 Å². The van der Waals surface area contributed by atoms with Crippen LogP contribution in [-0.2, 0) is 8.85 Å². The van der Waals surface area contributed by atoms with Gasteiger partial charge < -0.3 is 8.85 Å². The van der Waals surface area contributed by atoms with Crippen LogP contribution >= 0.6 is 0 Å². The van der Waals surface area contributed by atoms with Gasteiger partial charge in [-0.2, -0.15) is 0 Å². The Kier molecular flexibility index (Phi) is 6.08. The quantitative estimate of drug-likeness (QED) is 0.654. The van der Waals surface area contributed by atoms with Crippen LogP contribution in [0.15, 0.2) is 48.8 Å². The van der Waals surface area contributed by atoms with Crippen molar-refractivity contribution in [1.29, 1.82) is 0 Å². The first-order valence-corrected chi connectivity index (χ1v) is 15.1. The van der Waals surface area contributed by atoms with Gasteiger partial charge in [0.05, 0.1) is 11.4 Å².